The molecule has 1 amide bonds. The zero-order chi connectivity index (χ0) is 20.8. The molecule has 0 radical (unpaired) electrons. The van der Waals surface area contributed by atoms with Gasteiger partial charge in [-0.05, 0) is 55.3 Å². The average Bonchev–Trinajstić information content (AvgIpc) is 2.69. The monoisotopic (exact) mass is 427 g/mol. The Morgan fingerprint density at radius 1 is 1.10 bits per heavy atom. The van der Waals surface area contributed by atoms with Crippen LogP contribution in [0.2, 0.25) is 10.0 Å². The van der Waals surface area contributed by atoms with Gasteiger partial charge in [0, 0.05) is 34.6 Å². The van der Waals surface area contributed by atoms with Crippen molar-refractivity contribution >= 4 is 29.1 Å². The molecule has 0 spiro atoms. The molecule has 1 aromatic carbocycles. The summed E-state index contributed by atoms with van der Waals surface area (Å²) in [6, 6.07) is 11.4. The number of carbonyl (C=O) groups is 1. The normalized spacial score (nSPS) is 11.3. The third kappa shape index (κ3) is 5.77. The summed E-state index contributed by atoms with van der Waals surface area (Å²) in [5.41, 5.74) is 2.39. The molecule has 0 saturated carbocycles. The van der Waals surface area contributed by atoms with Crippen molar-refractivity contribution in [2.45, 2.75) is 19.4 Å². The quantitative estimate of drug-likeness (QED) is 0.485. The van der Waals surface area contributed by atoms with E-state index in [0.29, 0.717) is 22.0 Å². The predicted molar refractivity (Wildman–Crippen MR) is 112 cm³/mol. The maximum absolute atomic E-state index is 12.8. The van der Waals surface area contributed by atoms with E-state index in [0.717, 1.165) is 11.1 Å². The van der Waals surface area contributed by atoms with Gasteiger partial charge in [-0.1, -0.05) is 41.1 Å². The molecule has 146 valence electrons. The van der Waals surface area contributed by atoms with Crippen LogP contribution in [-0.2, 0) is 6.42 Å². The average molecular weight is 428 g/mol. The highest BCUT2D eigenvalue weighted by atomic mass is 35.5. The molecule has 0 aliphatic heterocycles. The standard InChI is InChI=1S/C22H16Cl2FN3O/c1-14(28-22(29)21-18(23)3-2-10-26-21)11-17-8-6-15(12-19(17)24)4-5-16-7-9-20(25)27-13-16/h2-3,6-10,12-14H,11H2,1H3,(H,28,29). The lowest BCUT2D eigenvalue weighted by Crippen LogP contribution is -2.34. The number of hydrogen-bond donors (Lipinski definition) is 1. The molecule has 4 nitrogen and oxygen atoms in total. The summed E-state index contributed by atoms with van der Waals surface area (Å²) in [6.07, 6.45) is 3.42. The Kier molecular flexibility index (Phi) is 6.82. The summed E-state index contributed by atoms with van der Waals surface area (Å²) in [4.78, 5) is 19.9. The Balaban J connectivity index is 1.65. The number of amides is 1. The fourth-order valence-corrected chi connectivity index (χ4v) is 3.08. The van der Waals surface area contributed by atoms with Crippen LogP contribution in [0.5, 0.6) is 0 Å². The van der Waals surface area contributed by atoms with Crippen LogP contribution in [0.15, 0.2) is 54.9 Å². The van der Waals surface area contributed by atoms with Gasteiger partial charge in [0.05, 0.1) is 5.02 Å². The van der Waals surface area contributed by atoms with Crippen molar-refractivity contribution in [3.63, 3.8) is 0 Å². The van der Waals surface area contributed by atoms with E-state index in [1.807, 2.05) is 19.1 Å². The first-order chi connectivity index (χ1) is 13.9. The van der Waals surface area contributed by atoms with E-state index in [2.05, 4.69) is 27.1 Å². The topological polar surface area (TPSA) is 54.9 Å². The maximum atomic E-state index is 12.8. The molecule has 0 bridgehead atoms. The molecule has 29 heavy (non-hydrogen) atoms. The van der Waals surface area contributed by atoms with Crippen LogP contribution in [0.1, 0.15) is 34.1 Å². The third-order valence-electron chi connectivity index (χ3n) is 4.01. The van der Waals surface area contributed by atoms with E-state index < -0.39 is 5.95 Å². The minimum absolute atomic E-state index is 0.180. The summed E-state index contributed by atoms with van der Waals surface area (Å²) in [5.74, 6) is 5.00. The number of hydrogen-bond acceptors (Lipinski definition) is 3. The van der Waals surface area contributed by atoms with Gasteiger partial charge in [0.15, 0.2) is 0 Å². The lowest BCUT2D eigenvalue weighted by Gasteiger charge is -2.15. The van der Waals surface area contributed by atoms with Crippen LogP contribution >= 0.6 is 23.2 Å². The van der Waals surface area contributed by atoms with Gasteiger partial charge >= 0.3 is 0 Å². The smallest absolute Gasteiger partial charge is 0.271 e. The zero-order valence-corrected chi connectivity index (χ0v) is 16.9. The van der Waals surface area contributed by atoms with Gasteiger partial charge in [-0.2, -0.15) is 4.39 Å². The van der Waals surface area contributed by atoms with E-state index in [4.69, 9.17) is 23.2 Å². The summed E-state index contributed by atoms with van der Waals surface area (Å²) < 4.78 is 12.8. The first kappa shape index (κ1) is 20.8. The minimum Gasteiger partial charge on any atom is -0.348 e. The molecule has 2 aromatic heterocycles. The van der Waals surface area contributed by atoms with Gasteiger partial charge in [0.1, 0.15) is 5.69 Å². The Morgan fingerprint density at radius 2 is 1.86 bits per heavy atom. The van der Waals surface area contributed by atoms with Gasteiger partial charge in [-0.3, -0.25) is 4.79 Å². The molecule has 1 atom stereocenters. The number of nitrogens with one attached hydrogen (secondary N) is 1. The van der Waals surface area contributed by atoms with Crippen molar-refractivity contribution < 1.29 is 9.18 Å². The largest absolute Gasteiger partial charge is 0.348 e. The molecule has 1 unspecified atom stereocenters. The Bertz CT molecular complexity index is 1090. The molecular weight excluding hydrogens is 412 g/mol. The molecule has 3 rings (SSSR count). The summed E-state index contributed by atoms with van der Waals surface area (Å²) in [6.45, 7) is 1.88. The zero-order valence-electron chi connectivity index (χ0n) is 15.4. The van der Waals surface area contributed by atoms with Crippen molar-refractivity contribution in [3.8, 4) is 11.8 Å². The van der Waals surface area contributed by atoms with Crippen LogP contribution in [0.4, 0.5) is 4.39 Å². The van der Waals surface area contributed by atoms with Crippen molar-refractivity contribution in [2.75, 3.05) is 0 Å². The first-order valence-corrected chi connectivity index (χ1v) is 9.51. The molecule has 0 aliphatic carbocycles. The van der Waals surface area contributed by atoms with Gasteiger partial charge in [0.25, 0.3) is 5.91 Å². The molecule has 1 N–H and O–H groups in total. The van der Waals surface area contributed by atoms with Crippen molar-refractivity contribution in [1.82, 2.24) is 15.3 Å². The molecular formula is C22H16Cl2FN3O. The van der Waals surface area contributed by atoms with Crippen molar-refractivity contribution in [2.24, 2.45) is 0 Å². The highest BCUT2D eigenvalue weighted by Crippen LogP contribution is 2.20. The molecule has 0 aliphatic rings. The van der Waals surface area contributed by atoms with Gasteiger partial charge in [-0.15, -0.1) is 0 Å². The van der Waals surface area contributed by atoms with Crippen molar-refractivity contribution in [3.05, 3.63) is 93.2 Å². The summed E-state index contributed by atoms with van der Waals surface area (Å²) in [7, 11) is 0. The SMILES string of the molecule is CC(Cc1ccc(C#Cc2ccc(F)nc2)cc1Cl)NC(=O)c1ncccc1Cl. The predicted octanol–water partition coefficient (Wildman–Crippen LogP) is 4.68. The lowest BCUT2D eigenvalue weighted by atomic mass is 10.0. The number of carbonyl (C=O) groups excluding carboxylic acids is 1. The molecule has 3 aromatic rings. The summed E-state index contributed by atoms with van der Waals surface area (Å²) in [5, 5.41) is 3.72. The van der Waals surface area contributed by atoms with Crippen LogP contribution in [-0.4, -0.2) is 21.9 Å². The number of halogens is 3. The van der Waals surface area contributed by atoms with E-state index >= 15 is 0 Å². The summed E-state index contributed by atoms with van der Waals surface area (Å²) >= 11 is 12.4. The number of aromatic nitrogens is 2. The number of nitrogens with zero attached hydrogens (tertiary/aromatic N) is 2. The number of benzene rings is 1. The van der Waals surface area contributed by atoms with Crippen LogP contribution < -0.4 is 5.32 Å². The maximum Gasteiger partial charge on any atom is 0.271 e. The second kappa shape index (κ2) is 9.51. The second-order valence-electron chi connectivity index (χ2n) is 6.34. The van der Waals surface area contributed by atoms with Crippen LogP contribution in [0.3, 0.4) is 0 Å². The molecule has 2 heterocycles. The fourth-order valence-electron chi connectivity index (χ4n) is 2.61. The Labute approximate surface area is 178 Å². The van der Waals surface area contributed by atoms with Crippen LogP contribution in [0, 0.1) is 17.8 Å². The molecule has 0 fully saturated rings. The van der Waals surface area contributed by atoms with E-state index in [-0.39, 0.29) is 17.6 Å². The van der Waals surface area contributed by atoms with Crippen LogP contribution in [0.25, 0.3) is 0 Å². The third-order valence-corrected chi connectivity index (χ3v) is 4.67. The molecule has 7 heteroatoms. The number of pyridine rings is 2. The first-order valence-electron chi connectivity index (χ1n) is 8.76. The molecule has 0 saturated heterocycles. The van der Waals surface area contributed by atoms with E-state index in [9.17, 15) is 9.18 Å². The highest BCUT2D eigenvalue weighted by molar-refractivity contribution is 6.33. The van der Waals surface area contributed by atoms with E-state index in [1.54, 1.807) is 24.3 Å². The lowest BCUT2D eigenvalue weighted by molar-refractivity contribution is 0.0935. The second-order valence-corrected chi connectivity index (χ2v) is 7.15. The number of rotatable bonds is 4. The fraction of sp³-hybridized carbons (Fsp3) is 0.136. The van der Waals surface area contributed by atoms with Gasteiger partial charge < -0.3 is 5.32 Å². The van der Waals surface area contributed by atoms with Gasteiger partial charge in [0.2, 0.25) is 5.95 Å². The van der Waals surface area contributed by atoms with Crippen molar-refractivity contribution in [1.29, 1.82) is 0 Å². The Morgan fingerprint density at radius 3 is 2.55 bits per heavy atom. The Hall–Kier alpha value is -2.94. The minimum atomic E-state index is -0.547. The van der Waals surface area contributed by atoms with Gasteiger partial charge in [-0.25, -0.2) is 9.97 Å². The van der Waals surface area contributed by atoms with E-state index in [1.165, 1.54) is 18.5 Å². The highest BCUT2D eigenvalue weighted by Gasteiger charge is 2.15.